The van der Waals surface area contributed by atoms with E-state index in [2.05, 4.69) is 34.0 Å². The molecule has 0 N–H and O–H groups in total. The molecule has 1 saturated carbocycles. The van der Waals surface area contributed by atoms with Crippen LogP contribution in [-0.4, -0.2) is 16.4 Å². The zero-order chi connectivity index (χ0) is 14.6. The van der Waals surface area contributed by atoms with Crippen LogP contribution in [0.5, 0.6) is 0 Å². The van der Waals surface area contributed by atoms with Crippen LogP contribution in [0.1, 0.15) is 50.3 Å². The molecule has 3 unspecified atom stereocenters. The third-order valence-corrected chi connectivity index (χ3v) is 5.90. The molecular weight excluding hydrogens is 352 g/mol. The van der Waals surface area contributed by atoms with E-state index in [4.69, 9.17) is 16.3 Å². The highest BCUT2D eigenvalue weighted by molar-refractivity contribution is 9.10. The van der Waals surface area contributed by atoms with Gasteiger partial charge in [-0.05, 0) is 65.1 Å². The Hall–Kier alpha value is -0.580. The van der Waals surface area contributed by atoms with Crippen molar-refractivity contribution >= 4 is 38.4 Å². The second-order valence-electron chi connectivity index (χ2n) is 6.25. The van der Waals surface area contributed by atoms with Gasteiger partial charge in [-0.2, -0.15) is 5.10 Å². The molecule has 5 heteroatoms. The molecule has 21 heavy (non-hydrogen) atoms. The van der Waals surface area contributed by atoms with Crippen LogP contribution in [0.3, 0.4) is 0 Å². The van der Waals surface area contributed by atoms with Gasteiger partial charge in [0.05, 0.1) is 11.7 Å². The van der Waals surface area contributed by atoms with Crippen molar-refractivity contribution in [3.05, 3.63) is 27.3 Å². The highest BCUT2D eigenvalue weighted by atomic mass is 79.9. The van der Waals surface area contributed by atoms with E-state index in [9.17, 15) is 0 Å². The Bertz CT molecular complexity index is 693. The summed E-state index contributed by atoms with van der Waals surface area (Å²) in [5, 5.41) is 6.55. The molecule has 2 heterocycles. The molecule has 0 amide bonds. The molecule has 0 radical (unpaired) electrons. The summed E-state index contributed by atoms with van der Waals surface area (Å²) >= 11 is 10.3. The first-order valence-electron chi connectivity index (χ1n) is 7.63. The molecule has 1 aromatic heterocycles. The van der Waals surface area contributed by atoms with Crippen molar-refractivity contribution in [3.8, 4) is 0 Å². The van der Waals surface area contributed by atoms with Gasteiger partial charge in [0.15, 0.2) is 6.23 Å². The van der Waals surface area contributed by atoms with Crippen LogP contribution in [0.15, 0.2) is 16.7 Å². The van der Waals surface area contributed by atoms with Crippen LogP contribution in [0, 0.1) is 5.92 Å². The van der Waals surface area contributed by atoms with Crippen molar-refractivity contribution in [1.82, 2.24) is 9.78 Å². The molecule has 112 valence electrons. The topological polar surface area (TPSA) is 27.1 Å². The molecule has 3 nitrogen and oxygen atoms in total. The van der Waals surface area contributed by atoms with Gasteiger partial charge in [-0.3, -0.25) is 0 Å². The molecule has 2 fully saturated rings. The minimum atomic E-state index is 0.0462. The molecule has 1 saturated heterocycles. The van der Waals surface area contributed by atoms with Crippen molar-refractivity contribution in [1.29, 1.82) is 0 Å². The number of halogens is 2. The lowest BCUT2D eigenvalue weighted by Crippen LogP contribution is -2.18. The van der Waals surface area contributed by atoms with E-state index in [0.717, 1.165) is 45.8 Å². The third kappa shape index (κ3) is 2.32. The molecular formula is C16H18BrClN2O. The lowest BCUT2D eigenvalue weighted by Gasteiger charge is -2.23. The molecule has 0 bridgehead atoms. The number of benzene rings is 1. The van der Waals surface area contributed by atoms with Gasteiger partial charge in [0.1, 0.15) is 0 Å². The van der Waals surface area contributed by atoms with E-state index in [-0.39, 0.29) is 6.23 Å². The first-order chi connectivity index (χ1) is 10.2. The Labute approximate surface area is 137 Å². The second-order valence-corrected chi connectivity index (χ2v) is 7.45. The minimum absolute atomic E-state index is 0.0462. The fourth-order valence-electron chi connectivity index (χ4n) is 3.34. The number of aromatic nitrogens is 2. The summed E-state index contributed by atoms with van der Waals surface area (Å²) in [6, 6.07) is 2.06. The molecule has 1 aromatic carbocycles. The zero-order valence-electron chi connectivity index (χ0n) is 12.0. The van der Waals surface area contributed by atoms with Crippen molar-refractivity contribution in [2.24, 2.45) is 5.92 Å². The van der Waals surface area contributed by atoms with Gasteiger partial charge in [-0.25, -0.2) is 4.68 Å². The van der Waals surface area contributed by atoms with Gasteiger partial charge in [0.25, 0.3) is 0 Å². The Morgan fingerprint density at radius 1 is 1.43 bits per heavy atom. The zero-order valence-corrected chi connectivity index (χ0v) is 14.3. The van der Waals surface area contributed by atoms with Crippen LogP contribution in [-0.2, 0) is 4.74 Å². The maximum absolute atomic E-state index is 6.56. The lowest BCUT2D eigenvalue weighted by atomic mass is 10.1. The summed E-state index contributed by atoms with van der Waals surface area (Å²) in [5.74, 6) is 1.32. The van der Waals surface area contributed by atoms with E-state index >= 15 is 0 Å². The van der Waals surface area contributed by atoms with Crippen LogP contribution >= 0.6 is 27.5 Å². The fourth-order valence-corrected chi connectivity index (χ4v) is 4.61. The van der Waals surface area contributed by atoms with Gasteiger partial charge in [-0.1, -0.05) is 18.5 Å². The summed E-state index contributed by atoms with van der Waals surface area (Å²) in [7, 11) is 0. The Morgan fingerprint density at radius 3 is 2.90 bits per heavy atom. The number of rotatable bonds is 2. The van der Waals surface area contributed by atoms with Gasteiger partial charge in [-0.15, -0.1) is 0 Å². The molecule has 1 aliphatic carbocycles. The predicted molar refractivity (Wildman–Crippen MR) is 87.8 cm³/mol. The molecule has 2 aromatic rings. The molecule has 2 aliphatic rings. The van der Waals surface area contributed by atoms with E-state index in [1.807, 2.05) is 10.9 Å². The fraction of sp³-hybridized carbons (Fsp3) is 0.562. The summed E-state index contributed by atoms with van der Waals surface area (Å²) in [4.78, 5) is 0. The van der Waals surface area contributed by atoms with Crippen LogP contribution < -0.4 is 0 Å². The SMILES string of the molecule is CC1CC1c1c(Cl)cc2c(cnn2C2CCCCO2)c1Br. The Balaban J connectivity index is 1.81. The average molecular weight is 370 g/mol. The minimum Gasteiger partial charge on any atom is -0.356 e. The van der Waals surface area contributed by atoms with Crippen molar-refractivity contribution in [2.75, 3.05) is 6.61 Å². The number of fused-ring (bicyclic) bond motifs is 1. The van der Waals surface area contributed by atoms with Gasteiger partial charge in [0.2, 0.25) is 0 Å². The largest absolute Gasteiger partial charge is 0.356 e. The Kier molecular flexibility index (Phi) is 3.51. The summed E-state index contributed by atoms with van der Waals surface area (Å²) in [5.41, 5.74) is 2.32. The maximum Gasteiger partial charge on any atom is 0.150 e. The Morgan fingerprint density at radius 2 is 2.24 bits per heavy atom. The molecule has 0 spiro atoms. The third-order valence-electron chi connectivity index (χ3n) is 4.74. The molecule has 3 atom stereocenters. The number of hydrogen-bond acceptors (Lipinski definition) is 2. The number of nitrogens with zero attached hydrogens (tertiary/aromatic N) is 2. The van der Waals surface area contributed by atoms with E-state index < -0.39 is 0 Å². The van der Waals surface area contributed by atoms with E-state index in [1.54, 1.807) is 0 Å². The predicted octanol–water partition coefficient (Wildman–Crippen LogP) is 5.27. The number of ether oxygens (including phenoxy) is 1. The van der Waals surface area contributed by atoms with Gasteiger partial charge in [0, 0.05) is 21.5 Å². The van der Waals surface area contributed by atoms with Gasteiger partial charge >= 0.3 is 0 Å². The van der Waals surface area contributed by atoms with Crippen molar-refractivity contribution in [3.63, 3.8) is 0 Å². The highest BCUT2D eigenvalue weighted by Crippen LogP contribution is 2.53. The smallest absolute Gasteiger partial charge is 0.150 e. The normalized spacial score (nSPS) is 29.0. The summed E-state index contributed by atoms with van der Waals surface area (Å²) in [6.45, 7) is 3.09. The van der Waals surface area contributed by atoms with Crippen molar-refractivity contribution < 1.29 is 4.74 Å². The van der Waals surface area contributed by atoms with E-state index in [1.165, 1.54) is 18.4 Å². The first kappa shape index (κ1) is 14.0. The van der Waals surface area contributed by atoms with Crippen LogP contribution in [0.2, 0.25) is 5.02 Å². The quantitative estimate of drug-likeness (QED) is 0.720. The second kappa shape index (κ2) is 5.25. The summed E-state index contributed by atoms with van der Waals surface area (Å²) < 4.78 is 8.96. The lowest BCUT2D eigenvalue weighted by molar-refractivity contribution is -0.0366. The standard InChI is InChI=1S/C16H18BrClN2O/c1-9-6-10(9)15-12(18)7-13-11(16(15)17)8-19-20(13)14-4-2-3-5-21-14/h7-10,14H,2-6H2,1H3. The monoisotopic (exact) mass is 368 g/mol. The molecule has 4 rings (SSSR count). The molecule has 1 aliphatic heterocycles. The van der Waals surface area contributed by atoms with Gasteiger partial charge < -0.3 is 4.74 Å². The average Bonchev–Trinajstić information content (AvgIpc) is 3.03. The highest BCUT2D eigenvalue weighted by Gasteiger charge is 2.37. The first-order valence-corrected chi connectivity index (χ1v) is 8.80. The van der Waals surface area contributed by atoms with E-state index in [0.29, 0.717) is 5.92 Å². The summed E-state index contributed by atoms with van der Waals surface area (Å²) in [6.07, 6.45) is 6.56. The number of hydrogen-bond donors (Lipinski definition) is 0. The van der Waals surface area contributed by atoms with Crippen molar-refractivity contribution in [2.45, 2.75) is 44.8 Å². The maximum atomic E-state index is 6.56. The van der Waals surface area contributed by atoms with Crippen LogP contribution in [0.25, 0.3) is 10.9 Å². The van der Waals surface area contributed by atoms with Crippen LogP contribution in [0.4, 0.5) is 0 Å².